The van der Waals surface area contributed by atoms with Crippen LogP contribution in [0.5, 0.6) is 0 Å². The van der Waals surface area contributed by atoms with Gasteiger partial charge in [0.15, 0.2) is 0 Å². The molecule has 1 aliphatic rings. The fourth-order valence-electron chi connectivity index (χ4n) is 1.92. The number of carbonyl (C=O) groups is 1. The minimum Gasteiger partial charge on any atom is -0.469 e. The molecule has 0 saturated carbocycles. The Hall–Kier alpha value is -0.610. The summed E-state index contributed by atoms with van der Waals surface area (Å²) < 4.78 is 4.66. The van der Waals surface area contributed by atoms with Crippen molar-refractivity contribution in [2.45, 2.75) is 38.3 Å². The van der Waals surface area contributed by atoms with E-state index in [4.69, 9.17) is 0 Å². The summed E-state index contributed by atoms with van der Waals surface area (Å²) in [7, 11) is 3.50. The van der Waals surface area contributed by atoms with Crippen LogP contribution in [-0.4, -0.2) is 50.2 Å². The normalized spacial score (nSPS) is 23.1. The summed E-state index contributed by atoms with van der Waals surface area (Å²) >= 11 is 0. The summed E-state index contributed by atoms with van der Waals surface area (Å²) in [4.78, 5) is 13.3. The average Bonchev–Trinajstić information content (AvgIpc) is 2.70. The van der Waals surface area contributed by atoms with Gasteiger partial charge in [-0.05, 0) is 33.4 Å². The fraction of sp³-hybridized carbons (Fsp3) is 0.909. The van der Waals surface area contributed by atoms with E-state index in [1.165, 1.54) is 20.0 Å². The quantitative estimate of drug-likeness (QED) is 0.681. The maximum Gasteiger partial charge on any atom is 0.307 e. The third-order valence-electron chi connectivity index (χ3n) is 3.11. The summed E-state index contributed by atoms with van der Waals surface area (Å²) in [6, 6.07) is 0.843. The average molecular weight is 214 g/mol. The molecule has 4 nitrogen and oxygen atoms in total. The lowest BCUT2D eigenvalue weighted by Crippen LogP contribution is -2.40. The van der Waals surface area contributed by atoms with Crippen LogP contribution in [0.1, 0.15) is 26.2 Å². The molecule has 1 fully saturated rings. The Balaban J connectivity index is 2.25. The second-order valence-electron chi connectivity index (χ2n) is 4.36. The molecule has 1 heterocycles. The second-order valence-corrected chi connectivity index (χ2v) is 4.36. The van der Waals surface area contributed by atoms with Crippen molar-refractivity contribution in [2.75, 3.05) is 27.2 Å². The van der Waals surface area contributed by atoms with Crippen LogP contribution in [0.2, 0.25) is 0 Å². The van der Waals surface area contributed by atoms with E-state index < -0.39 is 0 Å². The Morgan fingerprint density at radius 3 is 2.93 bits per heavy atom. The number of hydrogen-bond donors (Lipinski definition) is 1. The van der Waals surface area contributed by atoms with Gasteiger partial charge in [-0.15, -0.1) is 0 Å². The van der Waals surface area contributed by atoms with E-state index >= 15 is 0 Å². The maximum atomic E-state index is 11.1. The van der Waals surface area contributed by atoms with Gasteiger partial charge in [0.2, 0.25) is 0 Å². The zero-order valence-electron chi connectivity index (χ0n) is 9.95. The first-order valence-corrected chi connectivity index (χ1v) is 5.64. The molecule has 1 aliphatic heterocycles. The predicted octanol–water partition coefficient (Wildman–Crippen LogP) is 0.622. The number of rotatable bonds is 5. The molecule has 88 valence electrons. The highest BCUT2D eigenvalue weighted by Gasteiger charge is 2.20. The van der Waals surface area contributed by atoms with Crippen LogP contribution in [0.15, 0.2) is 0 Å². The molecule has 1 rings (SSSR count). The number of ether oxygens (including phenoxy) is 1. The van der Waals surface area contributed by atoms with Crippen molar-refractivity contribution < 1.29 is 9.53 Å². The molecule has 0 spiro atoms. The molecule has 2 unspecified atom stereocenters. The Labute approximate surface area is 92.0 Å². The molecular weight excluding hydrogens is 192 g/mol. The third-order valence-corrected chi connectivity index (χ3v) is 3.11. The van der Waals surface area contributed by atoms with Crippen LogP contribution in [-0.2, 0) is 9.53 Å². The first-order valence-electron chi connectivity index (χ1n) is 5.64. The summed E-state index contributed by atoms with van der Waals surface area (Å²) in [6.45, 7) is 4.20. The number of nitrogens with zero attached hydrogens (tertiary/aromatic N) is 1. The van der Waals surface area contributed by atoms with Crippen molar-refractivity contribution in [3.63, 3.8) is 0 Å². The van der Waals surface area contributed by atoms with Gasteiger partial charge in [-0.25, -0.2) is 0 Å². The largest absolute Gasteiger partial charge is 0.469 e. The van der Waals surface area contributed by atoms with Crippen LogP contribution in [0, 0.1) is 0 Å². The van der Waals surface area contributed by atoms with E-state index in [1.54, 1.807) is 0 Å². The van der Waals surface area contributed by atoms with Gasteiger partial charge < -0.3 is 15.0 Å². The van der Waals surface area contributed by atoms with Gasteiger partial charge in [0.05, 0.1) is 13.5 Å². The van der Waals surface area contributed by atoms with E-state index in [0.717, 1.165) is 13.1 Å². The number of likely N-dealkylation sites (N-methyl/N-ethyl adjacent to an activating group) is 1. The first-order chi connectivity index (χ1) is 7.13. The van der Waals surface area contributed by atoms with Crippen LogP contribution in [0.3, 0.4) is 0 Å². The number of nitrogens with one attached hydrogen (secondary N) is 1. The summed E-state index contributed by atoms with van der Waals surface area (Å²) in [6.07, 6.45) is 2.99. The Bertz CT molecular complexity index is 203. The summed E-state index contributed by atoms with van der Waals surface area (Å²) in [5.74, 6) is -0.131. The van der Waals surface area contributed by atoms with Gasteiger partial charge in [-0.2, -0.15) is 0 Å². The van der Waals surface area contributed by atoms with E-state index in [2.05, 4.69) is 28.9 Å². The number of carbonyl (C=O) groups excluding carboxylic acids is 1. The minimum atomic E-state index is -0.131. The summed E-state index contributed by atoms with van der Waals surface area (Å²) in [5, 5.41) is 3.45. The van der Waals surface area contributed by atoms with Crippen LogP contribution in [0.25, 0.3) is 0 Å². The highest BCUT2D eigenvalue weighted by atomic mass is 16.5. The van der Waals surface area contributed by atoms with Crippen LogP contribution in [0.4, 0.5) is 0 Å². The monoisotopic (exact) mass is 214 g/mol. The molecule has 0 radical (unpaired) electrons. The Morgan fingerprint density at radius 2 is 2.40 bits per heavy atom. The standard InChI is InChI=1S/C11H22N2O2/c1-9(7-11(14)15-3)13(2)8-10-5-4-6-12-10/h9-10,12H,4-8H2,1-3H3. The van der Waals surface area contributed by atoms with Gasteiger partial charge in [-0.1, -0.05) is 0 Å². The predicted molar refractivity (Wildman–Crippen MR) is 59.7 cm³/mol. The highest BCUT2D eigenvalue weighted by Crippen LogP contribution is 2.09. The highest BCUT2D eigenvalue weighted by molar-refractivity contribution is 5.69. The van der Waals surface area contributed by atoms with Crippen LogP contribution < -0.4 is 5.32 Å². The zero-order chi connectivity index (χ0) is 11.3. The summed E-state index contributed by atoms with van der Waals surface area (Å²) in [5.41, 5.74) is 0. The molecule has 2 atom stereocenters. The van der Waals surface area contributed by atoms with Gasteiger partial charge in [0, 0.05) is 18.6 Å². The lowest BCUT2D eigenvalue weighted by molar-refractivity contribution is -0.141. The number of esters is 1. The topological polar surface area (TPSA) is 41.6 Å². The van der Waals surface area contributed by atoms with Gasteiger partial charge in [0.25, 0.3) is 0 Å². The maximum absolute atomic E-state index is 11.1. The zero-order valence-corrected chi connectivity index (χ0v) is 9.95. The third kappa shape index (κ3) is 4.18. The molecule has 1 saturated heterocycles. The second kappa shape index (κ2) is 6.08. The van der Waals surface area contributed by atoms with E-state index in [9.17, 15) is 4.79 Å². The smallest absolute Gasteiger partial charge is 0.307 e. The van der Waals surface area contributed by atoms with Crippen LogP contribution >= 0.6 is 0 Å². The fourth-order valence-corrected chi connectivity index (χ4v) is 1.92. The molecule has 0 aliphatic carbocycles. The molecule has 0 aromatic heterocycles. The molecular formula is C11H22N2O2. The lowest BCUT2D eigenvalue weighted by atomic mass is 10.1. The molecule has 0 amide bonds. The SMILES string of the molecule is COC(=O)CC(C)N(C)CC1CCCN1. The Kier molecular flexibility index (Phi) is 5.05. The van der Waals surface area contributed by atoms with Crippen molar-refractivity contribution in [1.29, 1.82) is 0 Å². The van der Waals surface area contributed by atoms with E-state index in [1.807, 2.05) is 0 Å². The van der Waals surface area contributed by atoms with Crippen molar-refractivity contribution in [1.82, 2.24) is 10.2 Å². The number of methoxy groups -OCH3 is 1. The van der Waals surface area contributed by atoms with E-state index in [-0.39, 0.29) is 12.0 Å². The van der Waals surface area contributed by atoms with E-state index in [0.29, 0.717) is 12.5 Å². The Morgan fingerprint density at radius 1 is 1.67 bits per heavy atom. The van der Waals surface area contributed by atoms with Gasteiger partial charge in [-0.3, -0.25) is 4.79 Å². The van der Waals surface area contributed by atoms with Crippen molar-refractivity contribution in [3.05, 3.63) is 0 Å². The van der Waals surface area contributed by atoms with Gasteiger partial charge >= 0.3 is 5.97 Å². The van der Waals surface area contributed by atoms with Crippen molar-refractivity contribution in [2.24, 2.45) is 0 Å². The minimum absolute atomic E-state index is 0.131. The first kappa shape index (κ1) is 12.5. The molecule has 4 heteroatoms. The molecule has 0 aromatic rings. The molecule has 15 heavy (non-hydrogen) atoms. The molecule has 0 aromatic carbocycles. The van der Waals surface area contributed by atoms with Crippen molar-refractivity contribution >= 4 is 5.97 Å². The van der Waals surface area contributed by atoms with Gasteiger partial charge in [0.1, 0.15) is 0 Å². The van der Waals surface area contributed by atoms with Crippen molar-refractivity contribution in [3.8, 4) is 0 Å². The molecule has 1 N–H and O–H groups in total. The lowest BCUT2D eigenvalue weighted by Gasteiger charge is -2.26. The number of hydrogen-bond acceptors (Lipinski definition) is 4. The molecule has 0 bridgehead atoms.